The Labute approximate surface area is 123 Å². The molecule has 0 spiro atoms. The minimum Gasteiger partial charge on any atom is -0.377 e. The van der Waals surface area contributed by atoms with Gasteiger partial charge in [-0.3, -0.25) is 4.90 Å². The monoisotopic (exact) mass is 276 g/mol. The van der Waals surface area contributed by atoms with Gasteiger partial charge in [0.15, 0.2) is 0 Å². The lowest BCUT2D eigenvalue weighted by atomic mass is 9.93. The van der Waals surface area contributed by atoms with Crippen LogP contribution >= 0.6 is 0 Å². The summed E-state index contributed by atoms with van der Waals surface area (Å²) in [7, 11) is 1.81. The van der Waals surface area contributed by atoms with Crippen LogP contribution in [0.25, 0.3) is 0 Å². The summed E-state index contributed by atoms with van der Waals surface area (Å²) in [5, 5.41) is 0. The number of ether oxygens (including phenoxy) is 1. The van der Waals surface area contributed by atoms with E-state index in [1.807, 2.05) is 7.11 Å². The third kappa shape index (κ3) is 3.60. The van der Waals surface area contributed by atoms with Crippen LogP contribution in [0.4, 0.5) is 0 Å². The number of rotatable bonds is 4. The molecule has 3 heteroatoms. The topological polar surface area (TPSA) is 38.5 Å². The van der Waals surface area contributed by atoms with Crippen molar-refractivity contribution in [2.45, 2.75) is 45.3 Å². The highest BCUT2D eigenvalue weighted by molar-refractivity contribution is 5.31. The summed E-state index contributed by atoms with van der Waals surface area (Å²) in [6.45, 7) is 9.48. The van der Waals surface area contributed by atoms with Gasteiger partial charge in [-0.2, -0.15) is 0 Å². The van der Waals surface area contributed by atoms with Crippen molar-refractivity contribution in [2.75, 3.05) is 26.7 Å². The molecule has 0 saturated carbocycles. The van der Waals surface area contributed by atoms with Gasteiger partial charge < -0.3 is 10.5 Å². The maximum absolute atomic E-state index is 6.39. The van der Waals surface area contributed by atoms with Crippen molar-refractivity contribution < 1.29 is 4.74 Å². The highest BCUT2D eigenvalue weighted by Gasteiger charge is 2.31. The summed E-state index contributed by atoms with van der Waals surface area (Å²) in [5.41, 5.74) is 10.3. The number of methoxy groups -OCH3 is 1. The van der Waals surface area contributed by atoms with Crippen molar-refractivity contribution in [3.8, 4) is 0 Å². The molecule has 2 rings (SSSR count). The lowest BCUT2D eigenvalue weighted by Crippen LogP contribution is -2.49. The molecular weight excluding hydrogens is 248 g/mol. The largest absolute Gasteiger partial charge is 0.377 e. The van der Waals surface area contributed by atoms with Gasteiger partial charge in [-0.25, -0.2) is 0 Å². The molecule has 2 N–H and O–H groups in total. The van der Waals surface area contributed by atoms with Crippen LogP contribution in [0.1, 0.15) is 42.5 Å². The molecule has 1 saturated heterocycles. The second-order valence-electron chi connectivity index (χ2n) is 6.44. The standard InChI is InChI=1S/C17H28N2O/c1-13-6-7-15(10-14(13)2)16(18)11-19-9-5-8-17(3,12-19)20-4/h6-7,10,16H,5,8-9,11-12,18H2,1-4H3. The third-order valence-corrected chi connectivity index (χ3v) is 4.64. The van der Waals surface area contributed by atoms with Crippen LogP contribution in [0.5, 0.6) is 0 Å². The van der Waals surface area contributed by atoms with Crippen molar-refractivity contribution in [3.63, 3.8) is 0 Å². The van der Waals surface area contributed by atoms with Gasteiger partial charge in [0, 0.05) is 26.2 Å². The van der Waals surface area contributed by atoms with Crippen LogP contribution in [0.2, 0.25) is 0 Å². The van der Waals surface area contributed by atoms with E-state index in [2.05, 4.69) is 43.9 Å². The Morgan fingerprint density at radius 1 is 1.35 bits per heavy atom. The lowest BCUT2D eigenvalue weighted by molar-refractivity contribution is -0.0516. The van der Waals surface area contributed by atoms with E-state index >= 15 is 0 Å². The van der Waals surface area contributed by atoms with E-state index in [1.54, 1.807) is 0 Å². The van der Waals surface area contributed by atoms with Gasteiger partial charge in [-0.1, -0.05) is 18.2 Å². The van der Waals surface area contributed by atoms with E-state index < -0.39 is 0 Å². The van der Waals surface area contributed by atoms with Gasteiger partial charge >= 0.3 is 0 Å². The zero-order chi connectivity index (χ0) is 14.8. The van der Waals surface area contributed by atoms with Gasteiger partial charge in [0.2, 0.25) is 0 Å². The Hall–Kier alpha value is -0.900. The van der Waals surface area contributed by atoms with Crippen LogP contribution in [-0.2, 0) is 4.74 Å². The molecule has 20 heavy (non-hydrogen) atoms. The Morgan fingerprint density at radius 2 is 2.10 bits per heavy atom. The third-order valence-electron chi connectivity index (χ3n) is 4.64. The zero-order valence-electron chi connectivity index (χ0n) is 13.3. The summed E-state index contributed by atoms with van der Waals surface area (Å²) in [6.07, 6.45) is 2.32. The number of likely N-dealkylation sites (tertiary alicyclic amines) is 1. The molecule has 1 aromatic carbocycles. The predicted octanol–water partition coefficient (Wildman–Crippen LogP) is 2.80. The molecule has 0 aromatic heterocycles. The average molecular weight is 276 g/mol. The summed E-state index contributed by atoms with van der Waals surface area (Å²) < 4.78 is 5.65. The van der Waals surface area contributed by atoms with E-state index in [0.29, 0.717) is 0 Å². The fourth-order valence-corrected chi connectivity index (χ4v) is 3.01. The van der Waals surface area contributed by atoms with Crippen LogP contribution in [0, 0.1) is 13.8 Å². The molecular formula is C17H28N2O. The fraction of sp³-hybridized carbons (Fsp3) is 0.647. The lowest BCUT2D eigenvalue weighted by Gasteiger charge is -2.40. The second-order valence-corrected chi connectivity index (χ2v) is 6.44. The van der Waals surface area contributed by atoms with Gasteiger partial charge in [0.05, 0.1) is 5.60 Å². The first-order valence-electron chi connectivity index (χ1n) is 7.54. The summed E-state index contributed by atoms with van der Waals surface area (Å²) in [5.74, 6) is 0. The van der Waals surface area contributed by atoms with Crippen molar-refractivity contribution in [2.24, 2.45) is 5.73 Å². The maximum atomic E-state index is 6.39. The number of piperidine rings is 1. The Bertz CT molecular complexity index is 460. The van der Waals surface area contributed by atoms with Crippen LogP contribution < -0.4 is 5.73 Å². The molecule has 0 aliphatic carbocycles. The number of nitrogens with zero attached hydrogens (tertiary/aromatic N) is 1. The number of hydrogen-bond acceptors (Lipinski definition) is 3. The van der Waals surface area contributed by atoms with E-state index in [9.17, 15) is 0 Å². The molecule has 1 aliphatic rings. The molecule has 1 aromatic rings. The summed E-state index contributed by atoms with van der Waals surface area (Å²) in [6, 6.07) is 6.62. The van der Waals surface area contributed by atoms with Crippen LogP contribution in [0.3, 0.4) is 0 Å². The Morgan fingerprint density at radius 3 is 2.75 bits per heavy atom. The normalized spacial score (nSPS) is 25.6. The number of nitrogens with two attached hydrogens (primary N) is 1. The van der Waals surface area contributed by atoms with E-state index in [0.717, 1.165) is 26.1 Å². The molecule has 1 heterocycles. The van der Waals surface area contributed by atoms with Gasteiger partial charge in [-0.05, 0) is 56.8 Å². The summed E-state index contributed by atoms with van der Waals surface area (Å²) in [4.78, 5) is 2.44. The molecule has 0 amide bonds. The molecule has 3 nitrogen and oxygen atoms in total. The van der Waals surface area contributed by atoms with E-state index in [4.69, 9.17) is 10.5 Å². The minimum atomic E-state index is -0.0127. The first-order chi connectivity index (χ1) is 9.43. The minimum absolute atomic E-state index is 0.0127. The van der Waals surface area contributed by atoms with E-state index in [1.165, 1.54) is 23.1 Å². The maximum Gasteiger partial charge on any atom is 0.0777 e. The van der Waals surface area contributed by atoms with Gasteiger partial charge in [0.1, 0.15) is 0 Å². The average Bonchev–Trinajstić information content (AvgIpc) is 2.42. The zero-order valence-corrected chi connectivity index (χ0v) is 13.3. The molecule has 1 aliphatic heterocycles. The molecule has 112 valence electrons. The molecule has 0 bridgehead atoms. The smallest absolute Gasteiger partial charge is 0.0777 e. The molecule has 2 unspecified atom stereocenters. The van der Waals surface area contributed by atoms with Crippen LogP contribution in [0.15, 0.2) is 18.2 Å². The Kier molecular flexibility index (Phi) is 4.84. The Balaban J connectivity index is 2.00. The van der Waals surface area contributed by atoms with Crippen LogP contribution in [-0.4, -0.2) is 37.2 Å². The number of hydrogen-bond donors (Lipinski definition) is 1. The van der Waals surface area contributed by atoms with Gasteiger partial charge in [-0.15, -0.1) is 0 Å². The molecule has 1 fully saturated rings. The summed E-state index contributed by atoms with van der Waals surface area (Å²) >= 11 is 0. The van der Waals surface area contributed by atoms with Crippen molar-refractivity contribution >= 4 is 0 Å². The number of benzene rings is 1. The fourth-order valence-electron chi connectivity index (χ4n) is 3.01. The van der Waals surface area contributed by atoms with Crippen molar-refractivity contribution in [1.82, 2.24) is 4.90 Å². The van der Waals surface area contributed by atoms with E-state index in [-0.39, 0.29) is 11.6 Å². The quantitative estimate of drug-likeness (QED) is 0.919. The number of aryl methyl sites for hydroxylation is 2. The first kappa shape index (κ1) is 15.5. The highest BCUT2D eigenvalue weighted by atomic mass is 16.5. The first-order valence-corrected chi connectivity index (χ1v) is 7.54. The second kappa shape index (κ2) is 6.25. The van der Waals surface area contributed by atoms with Crippen molar-refractivity contribution in [1.29, 1.82) is 0 Å². The highest BCUT2D eigenvalue weighted by Crippen LogP contribution is 2.25. The SMILES string of the molecule is COC1(C)CCCN(CC(N)c2ccc(C)c(C)c2)C1. The van der Waals surface area contributed by atoms with Crippen molar-refractivity contribution in [3.05, 3.63) is 34.9 Å². The molecule has 0 radical (unpaired) electrons. The molecule has 2 atom stereocenters. The van der Waals surface area contributed by atoms with Gasteiger partial charge in [0.25, 0.3) is 0 Å². The predicted molar refractivity (Wildman–Crippen MR) is 83.9 cm³/mol.